The van der Waals surface area contributed by atoms with Gasteiger partial charge in [-0.15, -0.1) is 0 Å². The average molecular weight is 427 g/mol. The van der Waals surface area contributed by atoms with Crippen molar-refractivity contribution in [3.8, 4) is 0 Å². The zero-order chi connectivity index (χ0) is 20.2. The maximum absolute atomic E-state index is 6.61. The Bertz CT molecular complexity index is 426. The summed E-state index contributed by atoms with van der Waals surface area (Å²) in [6, 6.07) is 0. The fraction of sp³-hybridized carbons (Fsp3) is 0.714. The van der Waals surface area contributed by atoms with Crippen LogP contribution in [0.25, 0.3) is 0 Å². The Balaban J connectivity index is 2.98. The van der Waals surface area contributed by atoms with E-state index in [1.54, 1.807) is 0 Å². The lowest BCUT2D eigenvalue weighted by atomic mass is 10.2. The molecule has 1 fully saturated rings. The molecule has 3 nitrogen and oxygen atoms in total. The van der Waals surface area contributed by atoms with Crippen molar-refractivity contribution in [2.75, 3.05) is 0 Å². The van der Waals surface area contributed by atoms with E-state index in [4.69, 9.17) is 12.3 Å². The second kappa shape index (κ2) is 12.3. The first-order valence-corrected chi connectivity index (χ1v) is 18.1. The Hall–Kier alpha value is -0.249. The molecular formula is C21H42O3Si3. The monoisotopic (exact) mass is 426 g/mol. The second-order valence-electron chi connectivity index (χ2n) is 7.99. The fourth-order valence-electron chi connectivity index (χ4n) is 3.33. The Kier molecular flexibility index (Phi) is 11.3. The summed E-state index contributed by atoms with van der Waals surface area (Å²) in [4.78, 5) is 0. The Labute approximate surface area is 171 Å². The summed E-state index contributed by atoms with van der Waals surface area (Å²) in [7, 11) is -7.14. The molecule has 0 saturated carbocycles. The van der Waals surface area contributed by atoms with Gasteiger partial charge in [-0.25, -0.2) is 0 Å². The van der Waals surface area contributed by atoms with Crippen molar-refractivity contribution in [3.63, 3.8) is 0 Å². The molecule has 27 heavy (non-hydrogen) atoms. The van der Waals surface area contributed by atoms with E-state index in [1.807, 2.05) is 0 Å². The van der Waals surface area contributed by atoms with Gasteiger partial charge in [0.2, 0.25) is 0 Å². The average Bonchev–Trinajstić information content (AvgIpc) is 2.58. The van der Waals surface area contributed by atoms with Gasteiger partial charge in [-0.05, 0) is 56.0 Å². The third kappa shape index (κ3) is 9.67. The van der Waals surface area contributed by atoms with E-state index in [2.05, 4.69) is 75.7 Å². The van der Waals surface area contributed by atoms with E-state index >= 15 is 0 Å². The minimum atomic E-state index is -2.38. The summed E-state index contributed by atoms with van der Waals surface area (Å²) in [5.74, 6) is 0. The van der Waals surface area contributed by atoms with Crippen molar-refractivity contribution < 1.29 is 12.3 Å². The van der Waals surface area contributed by atoms with Gasteiger partial charge < -0.3 is 12.3 Å². The van der Waals surface area contributed by atoms with Crippen LogP contribution in [0, 0.1) is 0 Å². The highest BCUT2D eigenvalue weighted by molar-refractivity contribution is 6.98. The van der Waals surface area contributed by atoms with Crippen LogP contribution in [0.3, 0.4) is 0 Å². The third-order valence-corrected chi connectivity index (χ3v) is 16.9. The molecule has 0 radical (unpaired) electrons. The lowest BCUT2D eigenvalue weighted by molar-refractivity contribution is 0.249. The van der Waals surface area contributed by atoms with Gasteiger partial charge >= 0.3 is 25.7 Å². The number of hydrogen-bond donors (Lipinski definition) is 0. The quantitative estimate of drug-likeness (QED) is 0.245. The normalized spacial score (nSPS) is 32.2. The minimum Gasteiger partial charge on any atom is -0.410 e. The predicted octanol–water partition coefficient (Wildman–Crippen LogP) is 7.12. The van der Waals surface area contributed by atoms with Crippen molar-refractivity contribution in [2.45, 2.75) is 98.2 Å². The zero-order valence-corrected chi connectivity index (χ0v) is 21.6. The summed E-state index contributed by atoms with van der Waals surface area (Å²) >= 11 is 0. The molecule has 0 spiro atoms. The van der Waals surface area contributed by atoms with E-state index in [9.17, 15) is 0 Å². The maximum Gasteiger partial charge on any atom is 0.344 e. The van der Waals surface area contributed by atoms with Gasteiger partial charge in [0.25, 0.3) is 0 Å². The first-order chi connectivity index (χ1) is 12.8. The van der Waals surface area contributed by atoms with Crippen LogP contribution in [0.2, 0.25) is 19.6 Å². The number of hydrogen-bond acceptors (Lipinski definition) is 3. The first-order valence-electron chi connectivity index (χ1n) is 10.9. The lowest BCUT2D eigenvalue weighted by Gasteiger charge is -2.47. The molecule has 156 valence electrons. The third-order valence-electron chi connectivity index (χ3n) is 4.65. The summed E-state index contributed by atoms with van der Waals surface area (Å²) < 4.78 is 19.8. The molecule has 1 rings (SSSR count). The molecule has 0 aromatic heterocycles. The van der Waals surface area contributed by atoms with Gasteiger partial charge in [-0.2, -0.15) is 0 Å². The van der Waals surface area contributed by atoms with Gasteiger partial charge in [0.05, 0.1) is 0 Å². The molecule has 0 unspecified atom stereocenters. The van der Waals surface area contributed by atoms with Crippen LogP contribution in [0.15, 0.2) is 35.3 Å². The zero-order valence-electron chi connectivity index (χ0n) is 18.6. The molecule has 0 aliphatic carbocycles. The molecular weight excluding hydrogens is 384 g/mol. The van der Waals surface area contributed by atoms with Crippen LogP contribution in [0.5, 0.6) is 0 Å². The highest BCUT2D eigenvalue weighted by atomic mass is 28.5. The van der Waals surface area contributed by atoms with E-state index < -0.39 is 25.7 Å². The van der Waals surface area contributed by atoms with Gasteiger partial charge in [0.1, 0.15) is 0 Å². The summed E-state index contributed by atoms with van der Waals surface area (Å²) in [6.45, 7) is 13.2. The molecule has 0 atom stereocenters. The molecule has 1 heterocycles. The summed E-state index contributed by atoms with van der Waals surface area (Å²) in [5.41, 5.74) is 6.75. The van der Waals surface area contributed by atoms with E-state index in [1.165, 1.54) is 38.5 Å². The van der Waals surface area contributed by atoms with Gasteiger partial charge in [0.15, 0.2) is 0 Å². The molecule has 1 aliphatic heterocycles. The van der Waals surface area contributed by atoms with Crippen molar-refractivity contribution in [1.29, 1.82) is 0 Å². The Morgan fingerprint density at radius 1 is 0.519 bits per heavy atom. The molecule has 0 N–H and O–H groups in total. The number of rotatable bonds is 12. The van der Waals surface area contributed by atoms with Crippen LogP contribution in [-0.4, -0.2) is 25.7 Å². The molecule has 0 aromatic rings. The van der Waals surface area contributed by atoms with E-state index in [-0.39, 0.29) is 0 Å². The topological polar surface area (TPSA) is 27.7 Å². The largest absolute Gasteiger partial charge is 0.410 e. The summed E-state index contributed by atoms with van der Waals surface area (Å²) in [5, 5.41) is 0. The summed E-state index contributed by atoms with van der Waals surface area (Å²) in [6.07, 6.45) is 17.4. The van der Waals surface area contributed by atoms with Crippen molar-refractivity contribution in [2.24, 2.45) is 0 Å². The highest BCUT2D eigenvalue weighted by Crippen LogP contribution is 2.33. The van der Waals surface area contributed by atoms with Crippen LogP contribution >= 0.6 is 0 Å². The van der Waals surface area contributed by atoms with Crippen LogP contribution in [0.4, 0.5) is 0 Å². The Morgan fingerprint density at radius 2 is 0.778 bits per heavy atom. The standard InChI is InChI=1S/C21H42O3Si3/c1-7-10-13-16-19-25(4)22-26(5,20-17-14-11-8-2)24-27(6,23-25)21-18-15-12-9-3/h16-21H,7-15H2,1-6H3. The highest BCUT2D eigenvalue weighted by Gasteiger charge is 2.54. The molecule has 0 aromatic carbocycles. The number of unbranched alkanes of at least 4 members (excludes halogenated alkanes) is 6. The van der Waals surface area contributed by atoms with Crippen LogP contribution in [0.1, 0.15) is 78.6 Å². The molecule has 1 saturated heterocycles. The van der Waals surface area contributed by atoms with Crippen molar-refractivity contribution >= 4 is 25.7 Å². The van der Waals surface area contributed by atoms with E-state index in [0.717, 1.165) is 19.3 Å². The molecule has 0 bridgehead atoms. The van der Waals surface area contributed by atoms with E-state index in [0.29, 0.717) is 0 Å². The molecule has 1 aliphatic rings. The van der Waals surface area contributed by atoms with Gasteiger partial charge in [0, 0.05) is 0 Å². The lowest BCUT2D eigenvalue weighted by Crippen LogP contribution is -2.66. The minimum absolute atomic E-state index is 1.10. The fourth-order valence-corrected chi connectivity index (χ4v) is 18.0. The van der Waals surface area contributed by atoms with Crippen molar-refractivity contribution in [1.82, 2.24) is 0 Å². The molecule has 0 amide bonds. The molecule has 6 heteroatoms. The van der Waals surface area contributed by atoms with Crippen LogP contribution < -0.4 is 0 Å². The number of allylic oxidation sites excluding steroid dienone is 3. The smallest absolute Gasteiger partial charge is 0.344 e. The predicted molar refractivity (Wildman–Crippen MR) is 124 cm³/mol. The maximum atomic E-state index is 6.61. The second-order valence-corrected chi connectivity index (χ2v) is 17.5. The SMILES string of the molecule is CCCCC=C[Si]1(C)O[Si](C)(C=CCCCC)O[Si](C)(C=CCCCC)O1. The van der Waals surface area contributed by atoms with Crippen LogP contribution in [-0.2, 0) is 12.3 Å². The van der Waals surface area contributed by atoms with Gasteiger partial charge in [-0.3, -0.25) is 0 Å². The Morgan fingerprint density at radius 3 is 1.00 bits per heavy atom. The van der Waals surface area contributed by atoms with Crippen molar-refractivity contribution in [3.05, 3.63) is 35.3 Å². The first kappa shape index (κ1) is 24.8. The van der Waals surface area contributed by atoms with Gasteiger partial charge in [-0.1, -0.05) is 77.5 Å².